The van der Waals surface area contributed by atoms with Crippen LogP contribution in [0.4, 0.5) is 0 Å². The van der Waals surface area contributed by atoms with Crippen molar-refractivity contribution in [2.24, 2.45) is 0 Å². The van der Waals surface area contributed by atoms with E-state index >= 15 is 0 Å². The van der Waals surface area contributed by atoms with Gasteiger partial charge >= 0.3 is 5.97 Å². The maximum Gasteiger partial charge on any atom is 0.356 e. The first-order valence-electron chi connectivity index (χ1n) is 9.93. The summed E-state index contributed by atoms with van der Waals surface area (Å²) in [7, 11) is -3.84. The summed E-state index contributed by atoms with van der Waals surface area (Å²) in [6.45, 7) is 1.70. The number of nitrogens with zero attached hydrogens (tertiary/aromatic N) is 1. The highest BCUT2D eigenvalue weighted by Gasteiger charge is 2.28. The summed E-state index contributed by atoms with van der Waals surface area (Å²) in [6.07, 6.45) is 7.42. The number of ether oxygens (including phenoxy) is 1. The molecule has 0 atom stereocenters. The summed E-state index contributed by atoms with van der Waals surface area (Å²) in [5.74, 6) is -1.25. The van der Waals surface area contributed by atoms with Crippen LogP contribution in [0.2, 0.25) is 0 Å². The molecule has 0 spiro atoms. The Morgan fingerprint density at radius 1 is 1.23 bits per heavy atom. The zero-order valence-electron chi connectivity index (χ0n) is 17.0. The number of esters is 1. The molecule has 0 aliphatic heterocycles. The van der Waals surface area contributed by atoms with Crippen LogP contribution in [0, 0.1) is 0 Å². The average molecular weight is 453 g/mol. The Bertz CT molecular complexity index is 1100. The molecule has 0 radical (unpaired) electrons. The minimum Gasteiger partial charge on any atom is -0.461 e. The van der Waals surface area contributed by atoms with Crippen molar-refractivity contribution in [1.82, 2.24) is 9.29 Å². The molecule has 0 saturated heterocycles. The monoisotopic (exact) mass is 452 g/mol. The maximum absolute atomic E-state index is 12.7. The van der Waals surface area contributed by atoms with Crippen LogP contribution in [0.5, 0.6) is 0 Å². The van der Waals surface area contributed by atoms with Gasteiger partial charge in [-0.25, -0.2) is 17.2 Å². The third-order valence-electron chi connectivity index (χ3n) is 5.10. The van der Waals surface area contributed by atoms with E-state index in [-0.39, 0.29) is 28.9 Å². The van der Waals surface area contributed by atoms with Crippen LogP contribution >= 0.6 is 11.6 Å². The van der Waals surface area contributed by atoms with Crippen LogP contribution in [-0.2, 0) is 19.6 Å². The molecule has 1 aromatic heterocycles. The summed E-state index contributed by atoms with van der Waals surface area (Å²) < 4.78 is 31.0. The van der Waals surface area contributed by atoms with Crippen LogP contribution in [0.1, 0.15) is 55.1 Å². The van der Waals surface area contributed by atoms with Gasteiger partial charge in [0.2, 0.25) is 10.0 Å². The van der Waals surface area contributed by atoms with Crippen LogP contribution in [0.3, 0.4) is 0 Å². The van der Waals surface area contributed by atoms with Crippen LogP contribution in [-0.4, -0.2) is 43.2 Å². The fraction of sp³-hybridized carbons (Fsp3) is 0.429. The Balaban J connectivity index is 2.12. The van der Waals surface area contributed by atoms with Crippen molar-refractivity contribution >= 4 is 50.5 Å². The number of rotatable bonds is 6. The SMILES string of the molecule is CCOC(=O)c1c(/C=C(\Cl)C(=O)NC2CCCCC2)c2ccccc2n1S(C)(=O)=O. The van der Waals surface area contributed by atoms with E-state index < -0.39 is 21.9 Å². The minimum atomic E-state index is -3.84. The van der Waals surface area contributed by atoms with E-state index in [2.05, 4.69) is 5.32 Å². The van der Waals surface area contributed by atoms with Crippen molar-refractivity contribution in [3.05, 3.63) is 40.6 Å². The number of fused-ring (bicyclic) bond motifs is 1. The summed E-state index contributed by atoms with van der Waals surface area (Å²) in [5, 5.41) is 3.28. The molecule has 162 valence electrons. The van der Waals surface area contributed by atoms with Gasteiger partial charge in [0.05, 0.1) is 18.4 Å². The quantitative estimate of drug-likeness (QED) is 0.533. The zero-order chi connectivity index (χ0) is 21.9. The fourth-order valence-electron chi connectivity index (χ4n) is 3.81. The van der Waals surface area contributed by atoms with Crippen molar-refractivity contribution in [2.75, 3.05) is 12.9 Å². The lowest BCUT2D eigenvalue weighted by Gasteiger charge is -2.22. The van der Waals surface area contributed by atoms with Crippen molar-refractivity contribution in [3.63, 3.8) is 0 Å². The lowest BCUT2D eigenvalue weighted by Crippen LogP contribution is -2.36. The highest BCUT2D eigenvalue weighted by atomic mass is 35.5. The van der Waals surface area contributed by atoms with Gasteiger partial charge in [-0.15, -0.1) is 0 Å². The molecule has 1 saturated carbocycles. The molecule has 1 N–H and O–H groups in total. The number of hydrogen-bond acceptors (Lipinski definition) is 5. The van der Waals surface area contributed by atoms with Gasteiger partial charge in [0.15, 0.2) is 0 Å². The van der Waals surface area contributed by atoms with E-state index in [0.29, 0.717) is 10.9 Å². The van der Waals surface area contributed by atoms with E-state index in [1.54, 1.807) is 31.2 Å². The van der Waals surface area contributed by atoms with Gasteiger partial charge in [-0.2, -0.15) is 0 Å². The summed E-state index contributed by atoms with van der Waals surface area (Å²) in [5.41, 5.74) is 0.369. The molecular formula is C21H25ClN2O5S. The Morgan fingerprint density at radius 2 is 1.90 bits per heavy atom. The van der Waals surface area contributed by atoms with Gasteiger partial charge in [-0.1, -0.05) is 49.1 Å². The Labute approximate surface area is 181 Å². The predicted octanol–water partition coefficient (Wildman–Crippen LogP) is 3.65. The zero-order valence-corrected chi connectivity index (χ0v) is 18.6. The molecule has 1 aliphatic rings. The third-order valence-corrected chi connectivity index (χ3v) is 6.42. The molecule has 0 bridgehead atoms. The van der Waals surface area contributed by atoms with Crippen molar-refractivity contribution in [3.8, 4) is 0 Å². The summed E-state index contributed by atoms with van der Waals surface area (Å²) in [4.78, 5) is 25.3. The number of amides is 1. The first-order chi connectivity index (χ1) is 14.2. The topological polar surface area (TPSA) is 94.5 Å². The minimum absolute atomic E-state index is 0.0651. The van der Waals surface area contributed by atoms with E-state index in [0.717, 1.165) is 42.3 Å². The molecule has 1 fully saturated rings. The number of benzene rings is 1. The number of para-hydroxylation sites is 1. The molecule has 2 aromatic rings. The second kappa shape index (κ2) is 9.22. The fourth-order valence-corrected chi connectivity index (χ4v) is 5.00. The number of carbonyl (C=O) groups is 2. The second-order valence-corrected chi connectivity index (χ2v) is 9.57. The molecule has 9 heteroatoms. The van der Waals surface area contributed by atoms with E-state index in [9.17, 15) is 18.0 Å². The Hall–Kier alpha value is -2.32. The molecule has 0 unspecified atom stereocenters. The van der Waals surface area contributed by atoms with Gasteiger partial charge < -0.3 is 10.1 Å². The van der Waals surface area contributed by atoms with Crippen molar-refractivity contribution < 1.29 is 22.7 Å². The lowest BCUT2D eigenvalue weighted by atomic mass is 9.95. The molecule has 1 amide bonds. The molecule has 3 rings (SSSR count). The molecule has 7 nitrogen and oxygen atoms in total. The number of carbonyl (C=O) groups excluding carboxylic acids is 2. The number of nitrogens with one attached hydrogen (secondary N) is 1. The standard InChI is InChI=1S/C21H25ClN2O5S/c1-3-29-21(26)19-16(13-17(22)20(25)23-14-9-5-4-6-10-14)15-11-7-8-12-18(15)24(19)30(2,27)28/h7-8,11-14H,3-6,9-10H2,1-2H3,(H,23,25)/b17-13-. The predicted molar refractivity (Wildman–Crippen MR) is 117 cm³/mol. The molecule has 1 aromatic carbocycles. The normalized spacial score (nSPS) is 15.9. The van der Waals surface area contributed by atoms with Gasteiger partial charge in [0, 0.05) is 17.0 Å². The van der Waals surface area contributed by atoms with Gasteiger partial charge in [0.1, 0.15) is 10.7 Å². The third kappa shape index (κ3) is 4.70. The number of aromatic nitrogens is 1. The average Bonchev–Trinajstić information content (AvgIpc) is 3.03. The van der Waals surface area contributed by atoms with Crippen LogP contribution < -0.4 is 5.32 Å². The van der Waals surface area contributed by atoms with Crippen LogP contribution in [0.25, 0.3) is 17.0 Å². The van der Waals surface area contributed by atoms with Gasteiger partial charge in [0.25, 0.3) is 5.91 Å². The van der Waals surface area contributed by atoms with Gasteiger partial charge in [-0.3, -0.25) is 4.79 Å². The van der Waals surface area contributed by atoms with Crippen molar-refractivity contribution in [2.45, 2.75) is 45.1 Å². The maximum atomic E-state index is 12.7. The highest BCUT2D eigenvalue weighted by molar-refractivity contribution is 7.89. The Kier molecular flexibility index (Phi) is 6.88. The van der Waals surface area contributed by atoms with Crippen molar-refractivity contribution in [1.29, 1.82) is 0 Å². The number of hydrogen-bond donors (Lipinski definition) is 1. The molecule has 30 heavy (non-hydrogen) atoms. The number of halogens is 1. The molecular weight excluding hydrogens is 428 g/mol. The van der Waals surface area contributed by atoms with E-state index in [1.807, 2.05) is 0 Å². The first-order valence-corrected chi connectivity index (χ1v) is 12.2. The van der Waals surface area contributed by atoms with Crippen LogP contribution in [0.15, 0.2) is 29.3 Å². The first kappa shape index (κ1) is 22.4. The van der Waals surface area contributed by atoms with E-state index in [1.165, 1.54) is 6.08 Å². The largest absolute Gasteiger partial charge is 0.461 e. The smallest absolute Gasteiger partial charge is 0.356 e. The van der Waals surface area contributed by atoms with Gasteiger partial charge in [-0.05, 0) is 31.9 Å². The summed E-state index contributed by atoms with van der Waals surface area (Å²) >= 11 is 6.30. The molecule has 1 aliphatic carbocycles. The summed E-state index contributed by atoms with van der Waals surface area (Å²) in [6, 6.07) is 6.72. The van der Waals surface area contributed by atoms with E-state index in [4.69, 9.17) is 16.3 Å². The highest BCUT2D eigenvalue weighted by Crippen LogP contribution is 2.31. The molecule has 1 heterocycles. The second-order valence-electron chi connectivity index (χ2n) is 7.33. The lowest BCUT2D eigenvalue weighted by molar-refractivity contribution is -0.117. The Morgan fingerprint density at radius 3 is 2.53 bits per heavy atom.